The van der Waals surface area contributed by atoms with Crippen molar-refractivity contribution in [3.05, 3.63) is 23.0 Å². The van der Waals surface area contributed by atoms with Crippen LogP contribution < -0.4 is 5.73 Å². The number of rotatable bonds is 2. The minimum atomic E-state index is 0.734. The lowest BCUT2D eigenvalue weighted by atomic mass is 10.1. The lowest BCUT2D eigenvalue weighted by Crippen LogP contribution is -2.02. The van der Waals surface area contributed by atoms with Gasteiger partial charge in [-0.25, -0.2) is 0 Å². The SMILES string of the molecule is Cc1[nH]cc(CCN)c1C. The fraction of sp³-hybridized carbons (Fsp3) is 0.500. The smallest absolute Gasteiger partial charge is 0.0148 e. The summed E-state index contributed by atoms with van der Waals surface area (Å²) in [5.41, 5.74) is 9.38. The molecule has 2 heteroatoms. The number of hydrogen-bond acceptors (Lipinski definition) is 1. The van der Waals surface area contributed by atoms with Gasteiger partial charge in [-0.1, -0.05) is 0 Å². The second-order valence-corrected chi connectivity index (χ2v) is 2.60. The Bertz CT molecular complexity index is 213. The average Bonchev–Trinajstić information content (AvgIpc) is 2.20. The van der Waals surface area contributed by atoms with Crippen LogP contribution in [0.1, 0.15) is 16.8 Å². The number of nitrogens with two attached hydrogens (primary N) is 1. The van der Waals surface area contributed by atoms with E-state index in [1.54, 1.807) is 0 Å². The van der Waals surface area contributed by atoms with Gasteiger partial charge in [0.1, 0.15) is 0 Å². The molecule has 0 saturated carbocycles. The Kier molecular flexibility index (Phi) is 2.12. The first-order valence-electron chi connectivity index (χ1n) is 3.59. The van der Waals surface area contributed by atoms with Crippen molar-refractivity contribution in [2.45, 2.75) is 20.3 Å². The van der Waals surface area contributed by atoms with E-state index < -0.39 is 0 Å². The summed E-state index contributed by atoms with van der Waals surface area (Å²) in [6.45, 7) is 4.93. The van der Waals surface area contributed by atoms with E-state index in [0.29, 0.717) is 0 Å². The molecule has 1 heterocycles. The zero-order chi connectivity index (χ0) is 7.56. The first kappa shape index (κ1) is 7.35. The van der Waals surface area contributed by atoms with Gasteiger partial charge in [0.05, 0.1) is 0 Å². The van der Waals surface area contributed by atoms with Crippen LogP contribution in [0.3, 0.4) is 0 Å². The molecule has 3 N–H and O–H groups in total. The molecule has 0 fully saturated rings. The van der Waals surface area contributed by atoms with Crippen molar-refractivity contribution < 1.29 is 0 Å². The zero-order valence-corrected chi connectivity index (χ0v) is 6.57. The molecular weight excluding hydrogens is 124 g/mol. The van der Waals surface area contributed by atoms with Crippen molar-refractivity contribution >= 4 is 0 Å². The van der Waals surface area contributed by atoms with Crippen LogP contribution in [-0.2, 0) is 6.42 Å². The van der Waals surface area contributed by atoms with Crippen LogP contribution in [0.2, 0.25) is 0 Å². The van der Waals surface area contributed by atoms with E-state index >= 15 is 0 Å². The molecule has 0 aliphatic carbocycles. The predicted molar refractivity (Wildman–Crippen MR) is 43.0 cm³/mol. The summed E-state index contributed by atoms with van der Waals surface area (Å²) in [6, 6.07) is 0. The summed E-state index contributed by atoms with van der Waals surface area (Å²) in [7, 11) is 0. The maximum Gasteiger partial charge on any atom is 0.0148 e. The fourth-order valence-corrected chi connectivity index (χ4v) is 1.07. The van der Waals surface area contributed by atoms with Crippen molar-refractivity contribution in [1.29, 1.82) is 0 Å². The molecule has 0 radical (unpaired) electrons. The van der Waals surface area contributed by atoms with Crippen molar-refractivity contribution in [3.63, 3.8) is 0 Å². The van der Waals surface area contributed by atoms with Gasteiger partial charge < -0.3 is 10.7 Å². The second-order valence-electron chi connectivity index (χ2n) is 2.60. The van der Waals surface area contributed by atoms with Crippen LogP contribution in [0.5, 0.6) is 0 Å². The lowest BCUT2D eigenvalue weighted by Gasteiger charge is -1.94. The maximum absolute atomic E-state index is 5.42. The molecule has 0 unspecified atom stereocenters. The molecule has 0 bridgehead atoms. The van der Waals surface area contributed by atoms with Crippen LogP contribution in [0.25, 0.3) is 0 Å². The number of H-pyrrole nitrogens is 1. The monoisotopic (exact) mass is 138 g/mol. The Morgan fingerprint density at radius 3 is 2.60 bits per heavy atom. The maximum atomic E-state index is 5.42. The van der Waals surface area contributed by atoms with Crippen LogP contribution in [-0.4, -0.2) is 11.5 Å². The van der Waals surface area contributed by atoms with E-state index in [0.717, 1.165) is 13.0 Å². The molecule has 0 atom stereocenters. The standard InChI is InChI=1S/C8H14N2/c1-6-7(2)10-5-8(6)3-4-9/h5,10H,3-4,9H2,1-2H3. The molecule has 0 amide bonds. The number of nitrogens with one attached hydrogen (secondary N) is 1. The first-order chi connectivity index (χ1) is 4.75. The molecule has 10 heavy (non-hydrogen) atoms. The van der Waals surface area contributed by atoms with Crippen molar-refractivity contribution in [2.75, 3.05) is 6.54 Å². The van der Waals surface area contributed by atoms with Gasteiger partial charge in [0, 0.05) is 11.9 Å². The highest BCUT2D eigenvalue weighted by Gasteiger charge is 2.00. The number of aromatic nitrogens is 1. The second kappa shape index (κ2) is 2.88. The Hall–Kier alpha value is -0.760. The number of aromatic amines is 1. The number of hydrogen-bond donors (Lipinski definition) is 2. The van der Waals surface area contributed by atoms with Gasteiger partial charge in [-0.15, -0.1) is 0 Å². The Morgan fingerprint density at radius 2 is 2.20 bits per heavy atom. The third kappa shape index (κ3) is 1.21. The van der Waals surface area contributed by atoms with Gasteiger partial charge in [-0.3, -0.25) is 0 Å². The van der Waals surface area contributed by atoms with Crippen LogP contribution >= 0.6 is 0 Å². The molecule has 56 valence electrons. The third-order valence-electron chi connectivity index (χ3n) is 1.92. The highest BCUT2D eigenvalue weighted by atomic mass is 14.7. The summed E-state index contributed by atoms with van der Waals surface area (Å²) in [6.07, 6.45) is 3.02. The molecule has 2 nitrogen and oxygen atoms in total. The molecule has 1 rings (SSSR count). The Labute approximate surface area is 61.4 Å². The van der Waals surface area contributed by atoms with E-state index in [4.69, 9.17) is 5.73 Å². The van der Waals surface area contributed by atoms with E-state index in [9.17, 15) is 0 Å². The lowest BCUT2D eigenvalue weighted by molar-refractivity contribution is 0.962. The van der Waals surface area contributed by atoms with Crippen LogP contribution in [0, 0.1) is 13.8 Å². The molecule has 0 aliphatic rings. The molecule has 0 spiro atoms. The van der Waals surface area contributed by atoms with Gasteiger partial charge in [-0.2, -0.15) is 0 Å². The molecule has 1 aromatic rings. The van der Waals surface area contributed by atoms with Crippen LogP contribution in [0.4, 0.5) is 0 Å². The summed E-state index contributed by atoms with van der Waals surface area (Å²) in [4.78, 5) is 3.17. The van der Waals surface area contributed by atoms with Crippen molar-refractivity contribution in [3.8, 4) is 0 Å². The van der Waals surface area contributed by atoms with E-state index in [-0.39, 0.29) is 0 Å². The van der Waals surface area contributed by atoms with E-state index in [2.05, 4.69) is 18.8 Å². The third-order valence-corrected chi connectivity index (χ3v) is 1.92. The molecule has 1 aromatic heterocycles. The summed E-state index contributed by atoms with van der Waals surface area (Å²) < 4.78 is 0. The highest BCUT2D eigenvalue weighted by molar-refractivity contribution is 5.28. The molecule has 0 aromatic carbocycles. The minimum Gasteiger partial charge on any atom is -0.365 e. The largest absolute Gasteiger partial charge is 0.365 e. The van der Waals surface area contributed by atoms with Gasteiger partial charge in [0.15, 0.2) is 0 Å². The Balaban J connectivity index is 2.83. The summed E-state index contributed by atoms with van der Waals surface area (Å²) in [5, 5.41) is 0. The average molecular weight is 138 g/mol. The molecule has 0 saturated heterocycles. The van der Waals surface area contributed by atoms with E-state index in [1.807, 2.05) is 6.20 Å². The van der Waals surface area contributed by atoms with Gasteiger partial charge in [0.25, 0.3) is 0 Å². The summed E-state index contributed by atoms with van der Waals surface area (Å²) >= 11 is 0. The van der Waals surface area contributed by atoms with Gasteiger partial charge >= 0.3 is 0 Å². The van der Waals surface area contributed by atoms with Crippen LogP contribution in [0.15, 0.2) is 6.20 Å². The van der Waals surface area contributed by atoms with E-state index in [1.165, 1.54) is 16.8 Å². The zero-order valence-electron chi connectivity index (χ0n) is 6.57. The topological polar surface area (TPSA) is 41.8 Å². The minimum absolute atomic E-state index is 0.734. The quantitative estimate of drug-likeness (QED) is 0.632. The molecular formula is C8H14N2. The van der Waals surface area contributed by atoms with Crippen molar-refractivity contribution in [1.82, 2.24) is 4.98 Å². The van der Waals surface area contributed by atoms with Gasteiger partial charge in [-0.05, 0) is 37.9 Å². The van der Waals surface area contributed by atoms with Gasteiger partial charge in [0.2, 0.25) is 0 Å². The predicted octanol–water partition coefficient (Wildman–Crippen LogP) is 1.13. The summed E-state index contributed by atoms with van der Waals surface area (Å²) in [5.74, 6) is 0. The first-order valence-corrected chi connectivity index (χ1v) is 3.59. The fourth-order valence-electron chi connectivity index (χ4n) is 1.07. The number of aryl methyl sites for hydroxylation is 1. The molecule has 0 aliphatic heterocycles. The highest BCUT2D eigenvalue weighted by Crippen LogP contribution is 2.10. The van der Waals surface area contributed by atoms with Crippen molar-refractivity contribution in [2.24, 2.45) is 5.73 Å². The Morgan fingerprint density at radius 1 is 1.50 bits per heavy atom. The normalized spacial score (nSPS) is 10.3.